The molecule has 2 aliphatic carbocycles. The molecule has 2 aliphatic rings. The third-order valence-electron chi connectivity index (χ3n) is 5.76. The molecule has 1 unspecified atom stereocenters. The number of aromatic nitrogens is 2. The van der Waals surface area contributed by atoms with Crippen LogP contribution in [0.2, 0.25) is 0 Å². The van der Waals surface area contributed by atoms with Crippen molar-refractivity contribution in [2.75, 3.05) is 16.4 Å². The van der Waals surface area contributed by atoms with Crippen LogP contribution in [-0.4, -0.2) is 26.8 Å². The summed E-state index contributed by atoms with van der Waals surface area (Å²) in [6, 6.07) is 5.34. The summed E-state index contributed by atoms with van der Waals surface area (Å²) in [7, 11) is 0. The largest absolute Gasteiger partial charge is 0.493 e. The van der Waals surface area contributed by atoms with Gasteiger partial charge in [-0.05, 0) is 79.7 Å². The molecular weight excluding hydrogens is 544 g/mol. The van der Waals surface area contributed by atoms with E-state index in [0.717, 1.165) is 46.3 Å². The van der Waals surface area contributed by atoms with Crippen LogP contribution in [0, 0.1) is 17.8 Å². The molecule has 0 radical (unpaired) electrons. The fourth-order valence-corrected chi connectivity index (χ4v) is 4.38. The summed E-state index contributed by atoms with van der Waals surface area (Å²) in [5.74, 6) is 6.79. The number of ether oxygens (including phenoxy) is 1. The number of benzene rings is 1. The van der Waals surface area contributed by atoms with Crippen LogP contribution in [0.4, 0.5) is 10.2 Å². The number of fused-ring (bicyclic) bond motifs is 1. The fraction of sp³-hybridized carbons (Fsp3) is 0.296. The van der Waals surface area contributed by atoms with E-state index in [-0.39, 0.29) is 17.5 Å². The van der Waals surface area contributed by atoms with Crippen molar-refractivity contribution in [2.45, 2.75) is 33.1 Å². The standard InChI is InChI=1S/C27H25FIN3O2/c1-17-11-22(12-18(2)26(17)34-15-19-5-3-6-21(28)13-19)32-27-23-14-20(25(33)7-4-10-29)8-9-24(23)30-16-31-27/h6,8-9,11,13-14,16,18H,3,5,10,12,15H2,1-2H3,(H,30,31,32). The highest BCUT2D eigenvalue weighted by Gasteiger charge is 2.22. The number of rotatable bonds is 6. The maximum Gasteiger partial charge on any atom is 0.235 e. The van der Waals surface area contributed by atoms with Crippen LogP contribution in [0.15, 0.2) is 71.2 Å². The van der Waals surface area contributed by atoms with Gasteiger partial charge in [-0.15, -0.1) is 0 Å². The molecule has 0 saturated heterocycles. The number of alkyl halides is 1. The van der Waals surface area contributed by atoms with Gasteiger partial charge in [0.1, 0.15) is 30.3 Å². The van der Waals surface area contributed by atoms with E-state index in [0.29, 0.717) is 28.8 Å². The maximum absolute atomic E-state index is 13.5. The monoisotopic (exact) mass is 569 g/mol. The Morgan fingerprint density at radius 3 is 2.94 bits per heavy atom. The molecule has 174 valence electrons. The number of allylic oxidation sites excluding steroid dienone is 7. The first-order valence-electron chi connectivity index (χ1n) is 11.1. The van der Waals surface area contributed by atoms with Gasteiger partial charge in [0.2, 0.25) is 5.78 Å². The van der Waals surface area contributed by atoms with Crippen molar-refractivity contribution in [3.63, 3.8) is 0 Å². The zero-order chi connectivity index (χ0) is 24.1. The van der Waals surface area contributed by atoms with E-state index in [9.17, 15) is 9.18 Å². The van der Waals surface area contributed by atoms with Crippen LogP contribution < -0.4 is 5.32 Å². The highest BCUT2D eigenvalue weighted by atomic mass is 127. The summed E-state index contributed by atoms with van der Waals surface area (Å²) in [6.45, 7) is 4.54. The molecular formula is C27H25FIN3O2. The molecule has 1 aromatic carbocycles. The van der Waals surface area contributed by atoms with E-state index < -0.39 is 0 Å². The van der Waals surface area contributed by atoms with Crippen LogP contribution in [0.25, 0.3) is 10.9 Å². The van der Waals surface area contributed by atoms with E-state index in [1.165, 1.54) is 6.33 Å². The van der Waals surface area contributed by atoms with Gasteiger partial charge in [0.25, 0.3) is 0 Å². The number of hydrogen-bond donors (Lipinski definition) is 1. The Morgan fingerprint density at radius 1 is 1.32 bits per heavy atom. The summed E-state index contributed by atoms with van der Waals surface area (Å²) >= 11 is 2.12. The predicted molar refractivity (Wildman–Crippen MR) is 141 cm³/mol. The molecule has 34 heavy (non-hydrogen) atoms. The lowest BCUT2D eigenvalue weighted by molar-refractivity contribution is 0.105. The van der Waals surface area contributed by atoms with Gasteiger partial charge >= 0.3 is 0 Å². The Balaban J connectivity index is 1.55. The minimum Gasteiger partial charge on any atom is -0.493 e. The van der Waals surface area contributed by atoms with Gasteiger partial charge in [0.15, 0.2) is 0 Å². The molecule has 0 fully saturated rings. The zero-order valence-corrected chi connectivity index (χ0v) is 21.3. The lowest BCUT2D eigenvalue weighted by Gasteiger charge is -2.26. The number of halogens is 2. The Labute approximate surface area is 212 Å². The normalized spacial score (nSPS) is 17.9. The Morgan fingerprint density at radius 2 is 2.18 bits per heavy atom. The highest BCUT2D eigenvalue weighted by molar-refractivity contribution is 14.1. The van der Waals surface area contributed by atoms with Gasteiger partial charge in [-0.2, -0.15) is 0 Å². The summed E-state index contributed by atoms with van der Waals surface area (Å²) < 4.78 is 20.2. The van der Waals surface area contributed by atoms with Crippen molar-refractivity contribution in [3.8, 4) is 11.8 Å². The minimum absolute atomic E-state index is 0.158. The van der Waals surface area contributed by atoms with Gasteiger partial charge in [0.05, 0.1) is 9.94 Å². The molecule has 0 amide bonds. The Kier molecular flexibility index (Phi) is 7.78. The van der Waals surface area contributed by atoms with Gasteiger partial charge in [-0.3, -0.25) is 4.79 Å². The van der Waals surface area contributed by atoms with Crippen molar-refractivity contribution in [3.05, 3.63) is 76.7 Å². The van der Waals surface area contributed by atoms with E-state index in [4.69, 9.17) is 4.74 Å². The van der Waals surface area contributed by atoms with E-state index in [1.807, 2.05) is 13.0 Å². The summed E-state index contributed by atoms with van der Waals surface area (Å²) in [4.78, 5) is 21.1. The third kappa shape index (κ3) is 5.73. The second-order valence-corrected chi connectivity index (χ2v) is 9.15. The molecule has 0 spiro atoms. The van der Waals surface area contributed by atoms with Gasteiger partial charge in [-0.1, -0.05) is 35.4 Å². The van der Waals surface area contributed by atoms with Crippen LogP contribution >= 0.6 is 22.6 Å². The second-order valence-electron chi connectivity index (χ2n) is 8.38. The average molecular weight is 569 g/mol. The van der Waals surface area contributed by atoms with Gasteiger partial charge < -0.3 is 10.1 Å². The fourth-order valence-electron chi connectivity index (χ4n) is 4.19. The van der Waals surface area contributed by atoms with Crippen LogP contribution in [0.1, 0.15) is 43.5 Å². The first kappa shape index (κ1) is 24.1. The Bertz CT molecular complexity index is 1310. The average Bonchev–Trinajstić information content (AvgIpc) is 2.82. The van der Waals surface area contributed by atoms with Crippen LogP contribution in [0.3, 0.4) is 0 Å². The Hall–Kier alpha value is -2.99. The number of nitrogens with zero attached hydrogens (tertiary/aromatic N) is 2. The number of carbonyl (C=O) groups excluding carboxylic acids is 1. The molecule has 1 atom stereocenters. The molecule has 4 rings (SSSR count). The van der Waals surface area contributed by atoms with E-state index >= 15 is 0 Å². The number of hydrogen-bond acceptors (Lipinski definition) is 5. The van der Waals surface area contributed by atoms with Crippen molar-refractivity contribution < 1.29 is 13.9 Å². The second kappa shape index (κ2) is 11.0. The van der Waals surface area contributed by atoms with Crippen molar-refractivity contribution in [1.82, 2.24) is 9.97 Å². The minimum atomic E-state index is -0.220. The molecule has 0 saturated carbocycles. The maximum atomic E-state index is 13.5. The molecule has 1 N–H and O–H groups in total. The quantitative estimate of drug-likeness (QED) is 0.143. The lowest BCUT2D eigenvalue weighted by Crippen LogP contribution is -2.16. The van der Waals surface area contributed by atoms with E-state index in [1.54, 1.807) is 24.3 Å². The number of anilines is 1. The molecule has 1 heterocycles. The first-order chi connectivity index (χ1) is 16.4. The first-order valence-corrected chi connectivity index (χ1v) is 12.7. The number of ketones is 1. The van der Waals surface area contributed by atoms with E-state index in [2.05, 4.69) is 62.7 Å². The zero-order valence-electron chi connectivity index (χ0n) is 19.1. The lowest BCUT2D eigenvalue weighted by atomic mass is 9.93. The van der Waals surface area contributed by atoms with Gasteiger partial charge in [-0.25, -0.2) is 14.4 Å². The molecule has 1 aromatic heterocycles. The highest BCUT2D eigenvalue weighted by Crippen LogP contribution is 2.32. The molecule has 0 aliphatic heterocycles. The van der Waals surface area contributed by atoms with Crippen molar-refractivity contribution >= 4 is 45.1 Å². The molecule has 5 nitrogen and oxygen atoms in total. The summed E-state index contributed by atoms with van der Waals surface area (Å²) in [5.41, 5.74) is 4.27. The predicted octanol–water partition coefficient (Wildman–Crippen LogP) is 6.45. The molecule has 2 aromatic rings. The van der Waals surface area contributed by atoms with Crippen LogP contribution in [0.5, 0.6) is 0 Å². The smallest absolute Gasteiger partial charge is 0.235 e. The molecule has 7 heteroatoms. The van der Waals surface area contributed by atoms with Gasteiger partial charge in [0, 0.05) is 22.6 Å². The summed E-state index contributed by atoms with van der Waals surface area (Å²) in [5, 5.41) is 4.19. The topological polar surface area (TPSA) is 64.1 Å². The molecule has 0 bridgehead atoms. The number of carbonyl (C=O) groups is 1. The summed E-state index contributed by atoms with van der Waals surface area (Å²) in [6.07, 6.45) is 9.02. The SMILES string of the molecule is CC1=C(OCC2=CC(F)=CCC2)C(C)CC(Nc2ncnc3ccc(C(=O)C#CCI)cc23)=C1. The van der Waals surface area contributed by atoms with Crippen molar-refractivity contribution in [2.24, 2.45) is 5.92 Å². The number of Topliss-reactive ketones (excluding diaryl/α,β-unsaturated/α-hetero) is 1. The van der Waals surface area contributed by atoms with Crippen molar-refractivity contribution in [1.29, 1.82) is 0 Å². The van der Waals surface area contributed by atoms with Crippen LogP contribution in [-0.2, 0) is 4.74 Å². The third-order valence-corrected chi connectivity index (χ3v) is 6.14. The number of nitrogens with one attached hydrogen (secondary N) is 1.